The Bertz CT molecular complexity index is 1260. The Hall–Kier alpha value is -3.09. The lowest BCUT2D eigenvalue weighted by Gasteiger charge is -2.35. The van der Waals surface area contributed by atoms with Crippen molar-refractivity contribution in [2.75, 3.05) is 55.0 Å². The summed E-state index contributed by atoms with van der Waals surface area (Å²) in [4.78, 5) is 14.7. The number of piperazine rings is 1. The number of hydrogen-bond donors (Lipinski definition) is 1. The predicted octanol–water partition coefficient (Wildman–Crippen LogP) is 2.95. The highest BCUT2D eigenvalue weighted by atomic mass is 32.2. The molecule has 0 radical (unpaired) electrons. The third kappa shape index (κ3) is 6.53. The van der Waals surface area contributed by atoms with Gasteiger partial charge in [0.05, 0.1) is 30.0 Å². The van der Waals surface area contributed by atoms with E-state index in [0.29, 0.717) is 49.6 Å². The highest BCUT2D eigenvalue weighted by Gasteiger charge is 2.25. The summed E-state index contributed by atoms with van der Waals surface area (Å²) in [5, 5.41) is 11.3. The Morgan fingerprint density at radius 3 is 2.49 bits per heavy atom. The van der Waals surface area contributed by atoms with E-state index >= 15 is 0 Å². The quantitative estimate of drug-likeness (QED) is 0.427. The first-order valence-electron chi connectivity index (χ1n) is 11.1. The second-order valence-electron chi connectivity index (χ2n) is 7.83. The molecule has 0 bridgehead atoms. The highest BCUT2D eigenvalue weighted by Crippen LogP contribution is 2.28. The Morgan fingerprint density at radius 1 is 1.09 bits per heavy atom. The van der Waals surface area contributed by atoms with Crippen LogP contribution in [0.2, 0.25) is 0 Å². The third-order valence-electron chi connectivity index (χ3n) is 5.37. The zero-order valence-electron chi connectivity index (χ0n) is 19.5. The van der Waals surface area contributed by atoms with Gasteiger partial charge in [-0.15, -0.1) is 10.2 Å². The average molecular weight is 518 g/mol. The van der Waals surface area contributed by atoms with E-state index in [4.69, 9.17) is 9.15 Å². The number of hydrogen-bond acceptors (Lipinski definition) is 9. The molecule has 1 fully saturated rings. The minimum absolute atomic E-state index is 0.0983. The van der Waals surface area contributed by atoms with Gasteiger partial charge in [0.15, 0.2) is 0 Å². The molecule has 10 nitrogen and oxygen atoms in total. The summed E-state index contributed by atoms with van der Waals surface area (Å²) < 4.78 is 36.1. The van der Waals surface area contributed by atoms with Crippen LogP contribution in [-0.4, -0.2) is 73.6 Å². The zero-order chi connectivity index (χ0) is 24.8. The van der Waals surface area contributed by atoms with Crippen LogP contribution in [0, 0.1) is 0 Å². The van der Waals surface area contributed by atoms with Gasteiger partial charge in [0, 0.05) is 31.7 Å². The maximum absolute atomic E-state index is 12.6. The number of sulfonamides is 1. The molecule has 1 aromatic heterocycles. The molecule has 1 aliphatic rings. The summed E-state index contributed by atoms with van der Waals surface area (Å²) in [6, 6.07) is 14.8. The molecule has 0 spiro atoms. The Kier molecular flexibility index (Phi) is 7.93. The smallest absolute Gasteiger partial charge is 0.277 e. The lowest BCUT2D eigenvalue weighted by Crippen LogP contribution is -2.48. The first-order chi connectivity index (χ1) is 16.8. The lowest BCUT2D eigenvalue weighted by molar-refractivity contribution is -0.113. The molecule has 1 aliphatic heterocycles. The molecule has 2 aromatic carbocycles. The molecule has 1 amide bonds. The molecule has 12 heteroatoms. The zero-order valence-corrected chi connectivity index (χ0v) is 21.1. The van der Waals surface area contributed by atoms with Gasteiger partial charge in [-0.1, -0.05) is 23.9 Å². The number of aromatic nitrogens is 2. The van der Waals surface area contributed by atoms with Crippen LogP contribution in [0.15, 0.2) is 58.2 Å². The normalized spacial score (nSPS) is 14.6. The van der Waals surface area contributed by atoms with E-state index in [1.807, 2.05) is 55.5 Å². The molecule has 3 aromatic rings. The fraction of sp³-hybridized carbons (Fsp3) is 0.348. The van der Waals surface area contributed by atoms with Gasteiger partial charge in [-0.3, -0.25) is 4.79 Å². The molecule has 4 rings (SSSR count). The molecular weight excluding hydrogens is 490 g/mol. The summed E-state index contributed by atoms with van der Waals surface area (Å²) in [5.74, 6) is 1.02. The topological polar surface area (TPSA) is 118 Å². The van der Waals surface area contributed by atoms with Crippen molar-refractivity contribution in [1.82, 2.24) is 14.5 Å². The second kappa shape index (κ2) is 11.1. The number of nitrogens with one attached hydrogen (secondary N) is 1. The van der Waals surface area contributed by atoms with E-state index in [1.54, 1.807) is 0 Å². The first-order valence-corrected chi connectivity index (χ1v) is 14.0. The van der Waals surface area contributed by atoms with Crippen LogP contribution < -0.4 is 15.0 Å². The molecular formula is C23H27N5O5S2. The monoisotopic (exact) mass is 517 g/mol. The van der Waals surface area contributed by atoms with Crippen LogP contribution >= 0.6 is 11.8 Å². The maximum atomic E-state index is 12.6. The minimum Gasteiger partial charge on any atom is -0.494 e. The number of ether oxygens (including phenoxy) is 1. The van der Waals surface area contributed by atoms with Crippen molar-refractivity contribution in [3.05, 3.63) is 48.5 Å². The number of thioether (sulfide) groups is 1. The summed E-state index contributed by atoms with van der Waals surface area (Å²) >= 11 is 1.16. The van der Waals surface area contributed by atoms with E-state index in [9.17, 15) is 13.2 Å². The first kappa shape index (κ1) is 25.0. The number of benzene rings is 2. The van der Waals surface area contributed by atoms with E-state index in [1.165, 1.54) is 10.6 Å². The van der Waals surface area contributed by atoms with Crippen molar-refractivity contribution >= 4 is 39.1 Å². The van der Waals surface area contributed by atoms with Crippen LogP contribution in [0.4, 0.5) is 11.4 Å². The standard InChI is InChI=1S/C23H27N5O5S2/c1-3-32-18-10-8-17(9-11-18)22-25-26-23(33-22)34-16-21(29)24-19-6-4-5-7-20(19)27-12-14-28(15-13-27)35(2,30)31/h4-11H,3,12-16H2,1-2H3,(H,24,29). The van der Waals surface area contributed by atoms with E-state index < -0.39 is 10.0 Å². The Morgan fingerprint density at radius 2 is 1.80 bits per heavy atom. The summed E-state index contributed by atoms with van der Waals surface area (Å²) in [7, 11) is -3.21. The van der Waals surface area contributed by atoms with Crippen molar-refractivity contribution in [3.63, 3.8) is 0 Å². The predicted molar refractivity (Wildman–Crippen MR) is 135 cm³/mol. The second-order valence-corrected chi connectivity index (χ2v) is 10.7. The SMILES string of the molecule is CCOc1ccc(-c2nnc(SCC(=O)Nc3ccccc3N3CCN(S(C)(=O)=O)CC3)o2)cc1. The fourth-order valence-electron chi connectivity index (χ4n) is 3.67. The third-order valence-corrected chi connectivity index (χ3v) is 7.49. The number of carbonyl (C=O) groups is 1. The van der Waals surface area contributed by atoms with Gasteiger partial charge in [0.1, 0.15) is 5.75 Å². The number of amides is 1. The molecule has 0 aliphatic carbocycles. The van der Waals surface area contributed by atoms with Crippen LogP contribution in [0.1, 0.15) is 6.92 Å². The Balaban J connectivity index is 1.33. The van der Waals surface area contributed by atoms with Gasteiger partial charge in [-0.2, -0.15) is 4.31 Å². The summed E-state index contributed by atoms with van der Waals surface area (Å²) in [6.45, 7) is 4.42. The molecule has 0 atom stereocenters. The summed E-state index contributed by atoms with van der Waals surface area (Å²) in [5.41, 5.74) is 2.29. The van der Waals surface area contributed by atoms with Crippen molar-refractivity contribution < 1.29 is 22.4 Å². The number of rotatable bonds is 9. The number of carbonyl (C=O) groups excluding carboxylic acids is 1. The molecule has 1 saturated heterocycles. The molecule has 35 heavy (non-hydrogen) atoms. The number of nitrogens with zero attached hydrogens (tertiary/aromatic N) is 4. The van der Waals surface area contributed by atoms with Gasteiger partial charge in [0.25, 0.3) is 5.22 Å². The summed E-state index contributed by atoms with van der Waals surface area (Å²) in [6.07, 6.45) is 1.22. The van der Waals surface area contributed by atoms with Crippen molar-refractivity contribution in [3.8, 4) is 17.2 Å². The molecule has 0 unspecified atom stereocenters. The fourth-order valence-corrected chi connectivity index (χ4v) is 5.06. The molecule has 0 saturated carbocycles. The number of para-hydroxylation sites is 2. The van der Waals surface area contributed by atoms with E-state index in [0.717, 1.165) is 28.8 Å². The van der Waals surface area contributed by atoms with E-state index in [-0.39, 0.29) is 11.7 Å². The van der Waals surface area contributed by atoms with Crippen LogP contribution in [0.25, 0.3) is 11.5 Å². The van der Waals surface area contributed by atoms with Gasteiger partial charge in [-0.05, 0) is 43.3 Å². The molecule has 186 valence electrons. The van der Waals surface area contributed by atoms with E-state index in [2.05, 4.69) is 20.4 Å². The number of anilines is 2. The van der Waals surface area contributed by atoms with Crippen molar-refractivity contribution in [2.24, 2.45) is 0 Å². The Labute approximate surface area is 208 Å². The van der Waals surface area contributed by atoms with Gasteiger partial charge in [0.2, 0.25) is 21.8 Å². The lowest BCUT2D eigenvalue weighted by atomic mass is 10.2. The van der Waals surface area contributed by atoms with Crippen LogP contribution in [-0.2, 0) is 14.8 Å². The van der Waals surface area contributed by atoms with Crippen LogP contribution in [0.3, 0.4) is 0 Å². The van der Waals surface area contributed by atoms with Gasteiger partial charge >= 0.3 is 0 Å². The molecule has 1 N–H and O–H groups in total. The largest absolute Gasteiger partial charge is 0.494 e. The van der Waals surface area contributed by atoms with Gasteiger partial charge < -0.3 is 19.4 Å². The maximum Gasteiger partial charge on any atom is 0.277 e. The van der Waals surface area contributed by atoms with Crippen LogP contribution in [0.5, 0.6) is 5.75 Å². The van der Waals surface area contributed by atoms with Gasteiger partial charge in [-0.25, -0.2) is 8.42 Å². The average Bonchev–Trinajstić information content (AvgIpc) is 3.33. The van der Waals surface area contributed by atoms with Crippen molar-refractivity contribution in [2.45, 2.75) is 12.1 Å². The van der Waals surface area contributed by atoms with Crippen molar-refractivity contribution in [1.29, 1.82) is 0 Å². The minimum atomic E-state index is -3.21. The molecule has 2 heterocycles. The highest BCUT2D eigenvalue weighted by molar-refractivity contribution is 7.99.